The fraction of sp³-hybridized carbons (Fsp3) is 0.200. The monoisotopic (exact) mass is 228 g/mol. The third-order valence-corrected chi connectivity index (χ3v) is 2.53. The van der Waals surface area contributed by atoms with Crippen molar-refractivity contribution in [3.05, 3.63) is 22.2 Å². The zero-order valence-corrected chi connectivity index (χ0v) is 9.23. The van der Waals surface area contributed by atoms with E-state index in [9.17, 15) is 0 Å². The number of anilines is 2. The Morgan fingerprint density at radius 2 is 2.00 bits per heavy atom. The first-order valence-corrected chi connectivity index (χ1v) is 4.71. The van der Waals surface area contributed by atoms with Gasteiger partial charge in [0.1, 0.15) is 0 Å². The summed E-state index contributed by atoms with van der Waals surface area (Å²) < 4.78 is 0. The van der Waals surface area contributed by atoms with Crippen molar-refractivity contribution in [1.29, 1.82) is 0 Å². The molecule has 0 saturated heterocycles. The van der Waals surface area contributed by atoms with E-state index in [4.69, 9.17) is 35.4 Å². The number of benzene rings is 1. The van der Waals surface area contributed by atoms with E-state index in [0.717, 1.165) is 5.69 Å². The van der Waals surface area contributed by atoms with Gasteiger partial charge in [0.25, 0.3) is 0 Å². The van der Waals surface area contributed by atoms with E-state index in [1.54, 1.807) is 12.1 Å². The Balaban J connectivity index is 3.10. The smallest absolute Gasteiger partial charge is 0.0789 e. The van der Waals surface area contributed by atoms with Gasteiger partial charge in [0.05, 0.1) is 28.0 Å². The molecule has 2 N–H and O–H groups in total. The molecule has 74 valence electrons. The lowest BCUT2D eigenvalue weighted by molar-refractivity contribution is 1.05. The van der Waals surface area contributed by atoms with Crippen LogP contribution in [0.25, 0.3) is 0 Å². The molecule has 0 aliphatic rings. The van der Waals surface area contributed by atoms with Crippen molar-refractivity contribution in [2.75, 3.05) is 24.2 Å². The van der Waals surface area contributed by atoms with Crippen LogP contribution in [0.1, 0.15) is 0 Å². The summed E-state index contributed by atoms with van der Waals surface area (Å²) in [5.41, 5.74) is 7.12. The Labute approximate surface area is 93.6 Å². The highest BCUT2D eigenvalue weighted by Crippen LogP contribution is 2.32. The van der Waals surface area contributed by atoms with Crippen LogP contribution < -0.4 is 10.6 Å². The van der Waals surface area contributed by atoms with Crippen LogP contribution in [0.15, 0.2) is 12.1 Å². The number of hydrogen-bond donors (Lipinski definition) is 1. The molecule has 0 saturated carbocycles. The van der Waals surface area contributed by atoms with Gasteiger partial charge < -0.3 is 10.6 Å². The molecule has 0 unspecified atom stereocenters. The third-order valence-electron chi connectivity index (χ3n) is 1.81. The first-order chi connectivity index (χ1) is 6.56. The second-order valence-corrected chi connectivity index (χ2v) is 3.70. The minimum Gasteiger partial charge on any atom is -0.397 e. The van der Waals surface area contributed by atoms with Gasteiger partial charge in [-0.15, -0.1) is 6.42 Å². The van der Waals surface area contributed by atoms with Crippen molar-refractivity contribution >= 4 is 34.6 Å². The highest BCUT2D eigenvalue weighted by Gasteiger charge is 2.07. The molecule has 2 nitrogen and oxygen atoms in total. The van der Waals surface area contributed by atoms with Crippen molar-refractivity contribution in [1.82, 2.24) is 0 Å². The Kier molecular flexibility index (Phi) is 3.51. The summed E-state index contributed by atoms with van der Waals surface area (Å²) in [6.07, 6.45) is 5.19. The fourth-order valence-electron chi connectivity index (χ4n) is 1.10. The molecule has 0 aliphatic carbocycles. The number of terminal acetylenes is 1. The molecule has 0 radical (unpaired) electrons. The molecule has 0 amide bonds. The van der Waals surface area contributed by atoms with Crippen LogP contribution in [-0.4, -0.2) is 13.6 Å². The maximum atomic E-state index is 5.86. The molecule has 0 aromatic heterocycles. The maximum Gasteiger partial charge on any atom is 0.0789 e. The molecule has 4 heteroatoms. The molecule has 0 spiro atoms. The number of nitrogen functional groups attached to an aromatic ring is 1. The molecule has 14 heavy (non-hydrogen) atoms. The van der Waals surface area contributed by atoms with Gasteiger partial charge in [-0.05, 0) is 12.1 Å². The molecule has 1 rings (SSSR count). The summed E-state index contributed by atoms with van der Waals surface area (Å²) in [7, 11) is 1.84. The van der Waals surface area contributed by atoms with Gasteiger partial charge in [0, 0.05) is 7.05 Å². The van der Waals surface area contributed by atoms with Gasteiger partial charge in [-0.1, -0.05) is 29.1 Å². The van der Waals surface area contributed by atoms with E-state index >= 15 is 0 Å². The average molecular weight is 229 g/mol. The molecule has 0 bridgehead atoms. The van der Waals surface area contributed by atoms with Crippen LogP contribution in [0.3, 0.4) is 0 Å². The summed E-state index contributed by atoms with van der Waals surface area (Å²) in [5, 5.41) is 0.918. The van der Waals surface area contributed by atoms with Crippen molar-refractivity contribution < 1.29 is 0 Å². The number of hydrogen-bond acceptors (Lipinski definition) is 2. The SMILES string of the molecule is C#CCN(C)c1cc(Cl)c(Cl)cc1N. The van der Waals surface area contributed by atoms with Crippen molar-refractivity contribution in [3.8, 4) is 12.3 Å². The predicted molar refractivity (Wildman–Crippen MR) is 63.0 cm³/mol. The summed E-state index contributed by atoms with van der Waals surface area (Å²) in [5.74, 6) is 2.52. The van der Waals surface area contributed by atoms with E-state index in [0.29, 0.717) is 22.3 Å². The zero-order chi connectivity index (χ0) is 10.7. The van der Waals surface area contributed by atoms with Gasteiger partial charge in [-0.25, -0.2) is 0 Å². The van der Waals surface area contributed by atoms with E-state index in [1.807, 2.05) is 11.9 Å². The molecule has 0 atom stereocenters. The van der Waals surface area contributed by atoms with Gasteiger partial charge >= 0.3 is 0 Å². The molecule has 0 fully saturated rings. The van der Waals surface area contributed by atoms with Crippen LogP contribution >= 0.6 is 23.2 Å². The predicted octanol–water partition coefficient (Wildman–Crippen LogP) is 2.64. The van der Waals surface area contributed by atoms with Crippen LogP contribution in [0.5, 0.6) is 0 Å². The van der Waals surface area contributed by atoms with E-state index in [1.165, 1.54) is 0 Å². The maximum absolute atomic E-state index is 5.86. The number of halogens is 2. The van der Waals surface area contributed by atoms with Gasteiger partial charge in [0.15, 0.2) is 0 Å². The third kappa shape index (κ3) is 2.25. The van der Waals surface area contributed by atoms with Crippen LogP contribution in [-0.2, 0) is 0 Å². The number of rotatable bonds is 2. The Morgan fingerprint density at radius 1 is 1.43 bits per heavy atom. The number of nitrogens with two attached hydrogens (primary N) is 1. The minimum atomic E-state index is 0.446. The molecular weight excluding hydrogens is 219 g/mol. The van der Waals surface area contributed by atoms with Gasteiger partial charge in [-0.3, -0.25) is 0 Å². The normalized spacial score (nSPS) is 9.57. The average Bonchev–Trinajstić information content (AvgIpc) is 2.11. The van der Waals surface area contributed by atoms with Crippen LogP contribution in [0, 0.1) is 12.3 Å². The quantitative estimate of drug-likeness (QED) is 0.623. The summed E-state index contributed by atoms with van der Waals surface area (Å²) in [6, 6.07) is 3.32. The second kappa shape index (κ2) is 4.45. The topological polar surface area (TPSA) is 29.3 Å². The number of nitrogens with zero attached hydrogens (tertiary/aromatic N) is 1. The molecule has 0 aliphatic heterocycles. The molecule has 1 aromatic rings. The van der Waals surface area contributed by atoms with Gasteiger partial charge in [-0.2, -0.15) is 0 Å². The minimum absolute atomic E-state index is 0.446. The van der Waals surface area contributed by atoms with Crippen LogP contribution in [0.4, 0.5) is 11.4 Å². The Bertz CT molecular complexity index is 382. The lowest BCUT2D eigenvalue weighted by Gasteiger charge is -2.18. The zero-order valence-electron chi connectivity index (χ0n) is 7.72. The van der Waals surface area contributed by atoms with Crippen molar-refractivity contribution in [2.45, 2.75) is 0 Å². The van der Waals surface area contributed by atoms with E-state index in [-0.39, 0.29) is 0 Å². The first kappa shape index (κ1) is 11.0. The molecular formula is C10H10Cl2N2. The lowest BCUT2D eigenvalue weighted by atomic mass is 10.2. The Morgan fingerprint density at radius 3 is 2.57 bits per heavy atom. The molecule has 1 aromatic carbocycles. The highest BCUT2D eigenvalue weighted by atomic mass is 35.5. The first-order valence-electron chi connectivity index (χ1n) is 3.95. The Hall–Kier alpha value is -1.04. The van der Waals surface area contributed by atoms with Gasteiger partial charge in [0.2, 0.25) is 0 Å². The standard InChI is InChI=1S/C10H10Cl2N2/c1-3-4-14(2)10-6-8(12)7(11)5-9(10)13/h1,5-6H,4,13H2,2H3. The lowest BCUT2D eigenvalue weighted by Crippen LogP contribution is -2.18. The highest BCUT2D eigenvalue weighted by molar-refractivity contribution is 6.42. The van der Waals surface area contributed by atoms with Crippen molar-refractivity contribution in [3.63, 3.8) is 0 Å². The summed E-state index contributed by atoms with van der Waals surface area (Å²) in [4.78, 5) is 1.83. The fourth-order valence-corrected chi connectivity index (χ4v) is 1.43. The van der Waals surface area contributed by atoms with Crippen molar-refractivity contribution in [2.24, 2.45) is 0 Å². The summed E-state index contributed by atoms with van der Waals surface area (Å²) >= 11 is 11.7. The summed E-state index contributed by atoms with van der Waals surface area (Å²) in [6.45, 7) is 0.474. The molecule has 0 heterocycles. The second-order valence-electron chi connectivity index (χ2n) is 2.89. The largest absolute Gasteiger partial charge is 0.397 e. The van der Waals surface area contributed by atoms with E-state index < -0.39 is 0 Å². The van der Waals surface area contributed by atoms with Crippen LogP contribution in [0.2, 0.25) is 10.0 Å². The van der Waals surface area contributed by atoms with E-state index in [2.05, 4.69) is 5.92 Å².